The summed E-state index contributed by atoms with van der Waals surface area (Å²) in [5.41, 5.74) is 0.939. The Morgan fingerprint density at radius 3 is 2.76 bits per heavy atom. The number of hydrogen-bond donors (Lipinski definition) is 1. The highest BCUT2D eigenvalue weighted by Gasteiger charge is 2.31. The number of hydrogen-bond acceptors (Lipinski definition) is 4. The lowest BCUT2D eigenvalue weighted by molar-refractivity contribution is 0.244. The van der Waals surface area contributed by atoms with Crippen LogP contribution in [-0.4, -0.2) is 34.3 Å². The molecule has 0 amide bonds. The van der Waals surface area contributed by atoms with Crippen molar-refractivity contribution in [2.75, 3.05) is 18.1 Å². The van der Waals surface area contributed by atoms with Gasteiger partial charge in [-0.25, -0.2) is 9.97 Å². The van der Waals surface area contributed by atoms with Crippen molar-refractivity contribution in [3.05, 3.63) is 41.6 Å². The molecule has 2 atom stereocenters. The lowest BCUT2D eigenvalue weighted by atomic mass is 10.0. The zero-order chi connectivity index (χ0) is 14.8. The molecule has 110 valence electrons. The number of rotatable bonds is 3. The molecule has 21 heavy (non-hydrogen) atoms. The molecule has 4 nitrogen and oxygen atoms in total. The van der Waals surface area contributed by atoms with Gasteiger partial charge in [0, 0.05) is 18.2 Å². The van der Waals surface area contributed by atoms with E-state index >= 15 is 0 Å². The Kier molecular flexibility index (Phi) is 4.08. The van der Waals surface area contributed by atoms with E-state index in [-0.39, 0.29) is 12.6 Å². The third-order valence-corrected chi connectivity index (χ3v) is 4.27. The number of benzene rings is 1. The third-order valence-electron chi connectivity index (χ3n) is 4.08. The van der Waals surface area contributed by atoms with Gasteiger partial charge in [0.05, 0.1) is 12.6 Å². The van der Waals surface area contributed by atoms with Crippen LogP contribution in [0, 0.1) is 5.92 Å². The van der Waals surface area contributed by atoms with Gasteiger partial charge in [-0.1, -0.05) is 48.9 Å². The Morgan fingerprint density at radius 1 is 1.29 bits per heavy atom. The molecule has 2 heterocycles. The Bertz CT molecular complexity index is 620. The summed E-state index contributed by atoms with van der Waals surface area (Å²) in [5, 5.41) is 10.0. The fourth-order valence-electron chi connectivity index (χ4n) is 2.84. The molecule has 1 aliphatic heterocycles. The Balaban J connectivity index is 1.99. The predicted octanol–water partition coefficient (Wildman–Crippen LogP) is 3.00. The zero-order valence-corrected chi connectivity index (χ0v) is 12.7. The number of nitrogens with zero attached hydrogens (tertiary/aromatic N) is 3. The van der Waals surface area contributed by atoms with Crippen molar-refractivity contribution in [3.63, 3.8) is 0 Å². The fourth-order valence-corrected chi connectivity index (χ4v) is 3.02. The minimum absolute atomic E-state index is 0.0968. The third kappa shape index (κ3) is 2.87. The summed E-state index contributed by atoms with van der Waals surface area (Å²) in [6.07, 6.45) is 1.05. The summed E-state index contributed by atoms with van der Waals surface area (Å²) in [6.45, 7) is 3.17. The summed E-state index contributed by atoms with van der Waals surface area (Å²) in [4.78, 5) is 11.1. The first-order chi connectivity index (χ1) is 10.2. The lowest BCUT2D eigenvalue weighted by Gasteiger charge is -2.26. The minimum atomic E-state index is 0.0968. The van der Waals surface area contributed by atoms with Crippen LogP contribution in [0.5, 0.6) is 0 Å². The van der Waals surface area contributed by atoms with Crippen LogP contribution in [-0.2, 0) is 0 Å². The van der Waals surface area contributed by atoms with Gasteiger partial charge in [-0.2, -0.15) is 0 Å². The van der Waals surface area contributed by atoms with Gasteiger partial charge in [-0.3, -0.25) is 0 Å². The molecule has 0 saturated carbocycles. The van der Waals surface area contributed by atoms with Crippen LogP contribution in [0.4, 0.5) is 5.82 Å². The standard InChI is InChI=1S/C16H18ClN3O/c1-11-7-8-20(13(11)10-21)15-9-14(17)18-16(19-15)12-5-3-2-4-6-12/h2-6,9,11,13,21H,7-8,10H2,1H3. The summed E-state index contributed by atoms with van der Waals surface area (Å²) >= 11 is 6.17. The maximum atomic E-state index is 9.61. The van der Waals surface area contributed by atoms with E-state index in [1.54, 1.807) is 6.07 Å². The number of anilines is 1. The van der Waals surface area contributed by atoms with Crippen molar-refractivity contribution >= 4 is 17.4 Å². The number of aliphatic hydroxyl groups is 1. The van der Waals surface area contributed by atoms with E-state index in [1.165, 1.54) is 0 Å². The molecule has 0 radical (unpaired) electrons. The highest BCUT2D eigenvalue weighted by Crippen LogP contribution is 2.30. The van der Waals surface area contributed by atoms with E-state index in [2.05, 4.69) is 21.8 Å². The molecule has 1 aromatic carbocycles. The average molecular weight is 304 g/mol. The molecular weight excluding hydrogens is 286 g/mol. The Labute approximate surface area is 129 Å². The molecule has 1 saturated heterocycles. The van der Waals surface area contributed by atoms with E-state index in [1.807, 2.05) is 30.3 Å². The van der Waals surface area contributed by atoms with Gasteiger partial charge < -0.3 is 10.0 Å². The Hall–Kier alpha value is -1.65. The monoisotopic (exact) mass is 303 g/mol. The van der Waals surface area contributed by atoms with Crippen LogP contribution in [0.15, 0.2) is 36.4 Å². The van der Waals surface area contributed by atoms with Crippen LogP contribution < -0.4 is 4.90 Å². The van der Waals surface area contributed by atoms with Crippen molar-refractivity contribution in [1.82, 2.24) is 9.97 Å². The van der Waals surface area contributed by atoms with Crippen molar-refractivity contribution in [2.24, 2.45) is 5.92 Å². The van der Waals surface area contributed by atoms with Gasteiger partial charge in [0.2, 0.25) is 0 Å². The Morgan fingerprint density at radius 2 is 2.05 bits per heavy atom. The number of halogens is 1. The van der Waals surface area contributed by atoms with Gasteiger partial charge in [-0.05, 0) is 12.3 Å². The van der Waals surface area contributed by atoms with Crippen LogP contribution in [0.25, 0.3) is 11.4 Å². The zero-order valence-electron chi connectivity index (χ0n) is 11.9. The lowest BCUT2D eigenvalue weighted by Crippen LogP contribution is -2.35. The second-order valence-corrected chi connectivity index (χ2v) is 5.84. The summed E-state index contributed by atoms with van der Waals surface area (Å²) in [7, 11) is 0. The molecule has 0 bridgehead atoms. The highest BCUT2D eigenvalue weighted by molar-refractivity contribution is 6.29. The van der Waals surface area contributed by atoms with Crippen molar-refractivity contribution in [1.29, 1.82) is 0 Å². The SMILES string of the molecule is CC1CCN(c2cc(Cl)nc(-c3ccccc3)n2)C1CO. The van der Waals surface area contributed by atoms with E-state index in [0.29, 0.717) is 16.9 Å². The quantitative estimate of drug-likeness (QED) is 0.886. The molecule has 0 spiro atoms. The second-order valence-electron chi connectivity index (χ2n) is 5.45. The highest BCUT2D eigenvalue weighted by atomic mass is 35.5. The molecule has 1 aliphatic rings. The second kappa shape index (κ2) is 6.00. The fraction of sp³-hybridized carbons (Fsp3) is 0.375. The first-order valence-electron chi connectivity index (χ1n) is 7.16. The number of aromatic nitrogens is 2. The van der Waals surface area contributed by atoms with Crippen LogP contribution in [0.2, 0.25) is 5.15 Å². The number of aliphatic hydroxyl groups excluding tert-OH is 1. The molecule has 3 rings (SSSR count). The van der Waals surface area contributed by atoms with Crippen LogP contribution in [0.3, 0.4) is 0 Å². The van der Waals surface area contributed by atoms with Crippen LogP contribution in [0.1, 0.15) is 13.3 Å². The molecular formula is C16H18ClN3O. The molecule has 1 fully saturated rings. The smallest absolute Gasteiger partial charge is 0.163 e. The van der Waals surface area contributed by atoms with Gasteiger partial charge in [0.1, 0.15) is 11.0 Å². The molecule has 2 unspecified atom stereocenters. The van der Waals surface area contributed by atoms with E-state index < -0.39 is 0 Å². The van der Waals surface area contributed by atoms with Crippen molar-refractivity contribution in [3.8, 4) is 11.4 Å². The molecule has 1 N–H and O–H groups in total. The van der Waals surface area contributed by atoms with Gasteiger partial charge in [-0.15, -0.1) is 0 Å². The maximum absolute atomic E-state index is 9.61. The molecule has 5 heteroatoms. The van der Waals surface area contributed by atoms with Crippen molar-refractivity contribution in [2.45, 2.75) is 19.4 Å². The molecule has 2 aromatic rings. The van der Waals surface area contributed by atoms with Crippen LogP contribution >= 0.6 is 11.6 Å². The predicted molar refractivity (Wildman–Crippen MR) is 84.5 cm³/mol. The summed E-state index contributed by atoms with van der Waals surface area (Å²) in [6, 6.07) is 11.7. The van der Waals surface area contributed by atoms with Gasteiger partial charge in [0.15, 0.2) is 5.82 Å². The maximum Gasteiger partial charge on any atom is 0.163 e. The average Bonchev–Trinajstić information content (AvgIpc) is 2.88. The van der Waals surface area contributed by atoms with Gasteiger partial charge in [0.25, 0.3) is 0 Å². The first-order valence-corrected chi connectivity index (χ1v) is 7.54. The van der Waals surface area contributed by atoms with Gasteiger partial charge >= 0.3 is 0 Å². The largest absolute Gasteiger partial charge is 0.394 e. The normalized spacial score (nSPS) is 21.8. The molecule has 1 aromatic heterocycles. The summed E-state index contributed by atoms with van der Waals surface area (Å²) in [5.74, 6) is 1.86. The minimum Gasteiger partial charge on any atom is -0.394 e. The van der Waals surface area contributed by atoms with E-state index in [0.717, 1.165) is 24.3 Å². The first kappa shape index (κ1) is 14.3. The van der Waals surface area contributed by atoms with E-state index in [4.69, 9.17) is 11.6 Å². The van der Waals surface area contributed by atoms with Crippen molar-refractivity contribution < 1.29 is 5.11 Å². The van der Waals surface area contributed by atoms with E-state index in [9.17, 15) is 5.11 Å². The molecule has 0 aliphatic carbocycles. The topological polar surface area (TPSA) is 49.2 Å². The summed E-state index contributed by atoms with van der Waals surface area (Å²) < 4.78 is 0.